The average Bonchev–Trinajstić information content (AvgIpc) is 2.82. The van der Waals surface area contributed by atoms with Crippen molar-refractivity contribution < 1.29 is 23.8 Å². The molecule has 0 atom stereocenters. The second kappa shape index (κ2) is 9.83. The smallest absolute Gasteiger partial charge is 0.231 e. The Balaban J connectivity index is 2.38. The van der Waals surface area contributed by atoms with E-state index in [1.54, 1.807) is 62.8 Å². The van der Waals surface area contributed by atoms with E-state index in [2.05, 4.69) is 11.1 Å². The number of ether oxygens (including phenoxy) is 3. The number of amides is 2. The van der Waals surface area contributed by atoms with Crippen molar-refractivity contribution in [3.05, 3.63) is 54.1 Å². The zero-order valence-corrected chi connectivity index (χ0v) is 19.0. The third kappa shape index (κ3) is 4.62. The molecule has 0 unspecified atom stereocenters. The number of benzene rings is 2. The van der Waals surface area contributed by atoms with Gasteiger partial charge in [-0.3, -0.25) is 9.59 Å². The molecule has 2 amide bonds. The molecule has 33 heavy (non-hydrogen) atoms. The zero-order valence-electron chi connectivity index (χ0n) is 19.0. The first-order chi connectivity index (χ1) is 15.8. The minimum absolute atomic E-state index is 0.0429. The minimum atomic E-state index is -0.550. The number of rotatable bonds is 6. The van der Waals surface area contributed by atoms with Gasteiger partial charge in [0.05, 0.1) is 27.0 Å². The van der Waals surface area contributed by atoms with Crippen molar-refractivity contribution in [2.75, 3.05) is 26.2 Å². The number of nitrogens with zero attached hydrogens (tertiary/aromatic N) is 3. The molecule has 0 aliphatic rings. The van der Waals surface area contributed by atoms with E-state index in [0.29, 0.717) is 39.6 Å². The lowest BCUT2D eigenvalue weighted by Gasteiger charge is -2.21. The van der Waals surface area contributed by atoms with Gasteiger partial charge in [0.2, 0.25) is 11.8 Å². The molecule has 8 heteroatoms. The summed E-state index contributed by atoms with van der Waals surface area (Å²) < 4.78 is 16.0. The molecule has 0 spiro atoms. The molecule has 0 aliphatic heterocycles. The summed E-state index contributed by atoms with van der Waals surface area (Å²) in [7, 11) is 4.63. The van der Waals surface area contributed by atoms with Crippen molar-refractivity contribution in [2.24, 2.45) is 0 Å². The Morgan fingerprint density at radius 2 is 1.45 bits per heavy atom. The lowest BCUT2D eigenvalue weighted by Crippen LogP contribution is -2.34. The molecule has 0 radical (unpaired) electrons. The highest BCUT2D eigenvalue weighted by Gasteiger charge is 2.26. The van der Waals surface area contributed by atoms with Crippen LogP contribution in [-0.2, 0) is 9.59 Å². The first kappa shape index (κ1) is 23.3. The van der Waals surface area contributed by atoms with Gasteiger partial charge in [-0.1, -0.05) is 12.1 Å². The van der Waals surface area contributed by atoms with E-state index in [9.17, 15) is 14.9 Å². The number of methoxy groups -OCH3 is 3. The van der Waals surface area contributed by atoms with Crippen LogP contribution in [0.25, 0.3) is 22.4 Å². The fourth-order valence-electron chi connectivity index (χ4n) is 3.47. The van der Waals surface area contributed by atoms with E-state index in [1.807, 2.05) is 0 Å². The number of carbonyl (C=O) groups excluding carboxylic acids is 2. The molecule has 0 saturated carbocycles. The summed E-state index contributed by atoms with van der Waals surface area (Å²) in [5.41, 5.74) is 2.32. The Morgan fingerprint density at radius 1 is 0.848 bits per heavy atom. The molecule has 0 N–H and O–H groups in total. The van der Waals surface area contributed by atoms with Gasteiger partial charge in [0, 0.05) is 31.0 Å². The molecule has 2 aromatic carbocycles. The van der Waals surface area contributed by atoms with Crippen molar-refractivity contribution in [3.8, 4) is 45.7 Å². The van der Waals surface area contributed by atoms with Crippen LogP contribution < -0.4 is 19.1 Å². The fourth-order valence-corrected chi connectivity index (χ4v) is 3.47. The second-order valence-electron chi connectivity index (χ2n) is 7.03. The van der Waals surface area contributed by atoms with Crippen molar-refractivity contribution in [2.45, 2.75) is 13.8 Å². The van der Waals surface area contributed by atoms with E-state index in [4.69, 9.17) is 14.2 Å². The van der Waals surface area contributed by atoms with Gasteiger partial charge in [-0.2, -0.15) is 5.26 Å². The van der Waals surface area contributed by atoms with Gasteiger partial charge < -0.3 is 14.2 Å². The van der Waals surface area contributed by atoms with Gasteiger partial charge in [0.1, 0.15) is 28.9 Å². The largest absolute Gasteiger partial charge is 0.497 e. The molecule has 0 saturated heterocycles. The maximum absolute atomic E-state index is 12.3. The Morgan fingerprint density at radius 3 is 1.97 bits per heavy atom. The van der Waals surface area contributed by atoms with Gasteiger partial charge in [-0.15, -0.1) is 0 Å². The molecule has 3 aromatic rings. The molecule has 168 valence electrons. The number of imide groups is 1. The zero-order chi connectivity index (χ0) is 24.1. The van der Waals surface area contributed by atoms with Gasteiger partial charge in [-0.05, 0) is 35.9 Å². The normalized spacial score (nSPS) is 10.2. The number of hydrogen-bond donors (Lipinski definition) is 0. The lowest BCUT2D eigenvalue weighted by atomic mass is 9.97. The average molecular weight is 445 g/mol. The fraction of sp³-hybridized carbons (Fsp3) is 0.200. The van der Waals surface area contributed by atoms with E-state index in [1.165, 1.54) is 21.0 Å². The first-order valence-electron chi connectivity index (χ1n) is 9.97. The topological polar surface area (TPSA) is 102 Å². The highest BCUT2D eigenvalue weighted by molar-refractivity contribution is 6.13. The van der Waals surface area contributed by atoms with Crippen LogP contribution in [0.4, 0.5) is 5.82 Å². The minimum Gasteiger partial charge on any atom is -0.497 e. The summed E-state index contributed by atoms with van der Waals surface area (Å²) in [6.07, 6.45) is 0. The summed E-state index contributed by atoms with van der Waals surface area (Å²) in [5, 5.41) is 10.00. The summed E-state index contributed by atoms with van der Waals surface area (Å²) in [6.45, 7) is 2.50. The number of hydrogen-bond acceptors (Lipinski definition) is 7. The molecule has 0 fully saturated rings. The van der Waals surface area contributed by atoms with E-state index < -0.39 is 11.8 Å². The van der Waals surface area contributed by atoms with Crippen molar-refractivity contribution in [1.82, 2.24) is 4.98 Å². The van der Waals surface area contributed by atoms with Crippen LogP contribution in [0.2, 0.25) is 0 Å². The van der Waals surface area contributed by atoms with Crippen LogP contribution in [0.3, 0.4) is 0 Å². The van der Waals surface area contributed by atoms with Crippen molar-refractivity contribution >= 4 is 17.6 Å². The predicted octanol–water partition coefficient (Wildman–Crippen LogP) is 4.21. The van der Waals surface area contributed by atoms with Gasteiger partial charge >= 0.3 is 0 Å². The molecule has 1 aromatic heterocycles. The van der Waals surface area contributed by atoms with Gasteiger partial charge in [-0.25, -0.2) is 9.88 Å². The van der Waals surface area contributed by atoms with Crippen LogP contribution in [0, 0.1) is 11.3 Å². The summed E-state index contributed by atoms with van der Waals surface area (Å²) in [5.74, 6) is 0.581. The van der Waals surface area contributed by atoms with Crippen LogP contribution in [0.15, 0.2) is 48.5 Å². The SMILES string of the molecule is COc1ccc(-c2cc(-c3ccc(OC)cc3OC)nc(N(C(C)=O)C(C)=O)c2C#N)cc1. The molecular formula is C25H23N3O5. The van der Waals surface area contributed by atoms with Crippen molar-refractivity contribution in [3.63, 3.8) is 0 Å². The molecule has 0 aliphatic carbocycles. The van der Waals surface area contributed by atoms with Gasteiger partial charge in [0.15, 0.2) is 5.82 Å². The monoisotopic (exact) mass is 445 g/mol. The second-order valence-corrected chi connectivity index (χ2v) is 7.03. The van der Waals surface area contributed by atoms with Crippen LogP contribution in [0.5, 0.6) is 17.2 Å². The highest BCUT2D eigenvalue weighted by Crippen LogP contribution is 2.38. The molecule has 1 heterocycles. The summed E-state index contributed by atoms with van der Waals surface area (Å²) >= 11 is 0. The number of pyridine rings is 1. The molecule has 3 rings (SSSR count). The summed E-state index contributed by atoms with van der Waals surface area (Å²) in [6, 6.07) is 16.2. The molecular weight excluding hydrogens is 422 g/mol. The molecule has 8 nitrogen and oxygen atoms in total. The Bertz CT molecular complexity index is 1230. The van der Waals surface area contributed by atoms with E-state index in [-0.39, 0.29) is 11.4 Å². The quantitative estimate of drug-likeness (QED) is 0.560. The Hall–Kier alpha value is -4.38. The standard InChI is InChI=1S/C25H23N3O5/c1-15(29)28(16(2)30)25-22(14-26)21(17-6-8-18(31-3)9-7-17)13-23(27-25)20-11-10-19(32-4)12-24(20)33-5/h6-13H,1-5H3. The number of aromatic nitrogens is 1. The predicted molar refractivity (Wildman–Crippen MR) is 123 cm³/mol. The van der Waals surface area contributed by atoms with Crippen LogP contribution in [0.1, 0.15) is 19.4 Å². The van der Waals surface area contributed by atoms with E-state index >= 15 is 0 Å². The third-order valence-corrected chi connectivity index (χ3v) is 5.04. The van der Waals surface area contributed by atoms with Crippen molar-refractivity contribution in [1.29, 1.82) is 5.26 Å². The van der Waals surface area contributed by atoms with Crippen LogP contribution >= 0.6 is 0 Å². The highest BCUT2D eigenvalue weighted by atomic mass is 16.5. The summed E-state index contributed by atoms with van der Waals surface area (Å²) in [4.78, 5) is 30.1. The number of carbonyl (C=O) groups is 2. The van der Waals surface area contributed by atoms with E-state index in [0.717, 1.165) is 4.90 Å². The van der Waals surface area contributed by atoms with Gasteiger partial charge in [0.25, 0.3) is 0 Å². The maximum atomic E-state index is 12.3. The lowest BCUT2D eigenvalue weighted by molar-refractivity contribution is -0.124. The first-order valence-corrected chi connectivity index (χ1v) is 9.97. The maximum Gasteiger partial charge on any atom is 0.231 e. The number of nitriles is 1. The number of anilines is 1. The van der Waals surface area contributed by atoms with Crippen LogP contribution in [-0.4, -0.2) is 38.1 Å². The Kier molecular flexibility index (Phi) is 6.94. The third-order valence-electron chi connectivity index (χ3n) is 5.04. The molecule has 0 bridgehead atoms. The Labute approximate surface area is 192 Å².